The van der Waals surface area contributed by atoms with Gasteiger partial charge in [0.2, 0.25) is 0 Å². The van der Waals surface area contributed by atoms with Gasteiger partial charge in [-0.05, 0) is 66.8 Å². The number of hydrogen-bond donors (Lipinski definition) is 0. The van der Waals surface area contributed by atoms with Gasteiger partial charge in [0.15, 0.2) is 11.7 Å². The summed E-state index contributed by atoms with van der Waals surface area (Å²) in [5.74, 6) is 3.88. The van der Waals surface area contributed by atoms with Crippen LogP contribution in [0, 0.1) is 11.8 Å². The molecule has 3 aromatic rings. The van der Waals surface area contributed by atoms with E-state index in [9.17, 15) is 22.0 Å². The van der Waals surface area contributed by atoms with Crippen LogP contribution in [-0.4, -0.2) is 0 Å². The van der Waals surface area contributed by atoms with Crippen LogP contribution in [0.3, 0.4) is 0 Å². The first kappa shape index (κ1) is 25.2. The molecule has 0 bridgehead atoms. The molecule has 0 unspecified atom stereocenters. The van der Waals surface area contributed by atoms with Crippen molar-refractivity contribution in [2.45, 2.75) is 45.7 Å². The SMILES string of the molecule is CCCCc1ccc(C#Cc2ccc(/C(F)=C(\F)c3ccc(C(F)(F)F)cc3)cc2CC)cc1. The van der Waals surface area contributed by atoms with Crippen LogP contribution in [0.1, 0.15) is 65.6 Å². The summed E-state index contributed by atoms with van der Waals surface area (Å²) in [4.78, 5) is 0. The van der Waals surface area contributed by atoms with Crippen LogP contribution in [0.5, 0.6) is 0 Å². The van der Waals surface area contributed by atoms with Gasteiger partial charge >= 0.3 is 6.18 Å². The summed E-state index contributed by atoms with van der Waals surface area (Å²) in [6.45, 7) is 4.04. The fourth-order valence-corrected chi connectivity index (χ4v) is 3.48. The van der Waals surface area contributed by atoms with E-state index >= 15 is 0 Å². The van der Waals surface area contributed by atoms with Crippen molar-refractivity contribution in [3.05, 3.63) is 106 Å². The lowest BCUT2D eigenvalue weighted by atomic mass is 10.00. The minimum atomic E-state index is -4.54. The molecule has 0 fully saturated rings. The normalized spacial score (nSPS) is 12.1. The molecule has 0 radical (unpaired) electrons. The van der Waals surface area contributed by atoms with Gasteiger partial charge < -0.3 is 0 Å². The molecule has 0 aliphatic heterocycles. The molecule has 0 heterocycles. The molecule has 0 aliphatic carbocycles. The third-order valence-corrected chi connectivity index (χ3v) is 5.51. The molecule has 0 amide bonds. The average molecular weight is 469 g/mol. The van der Waals surface area contributed by atoms with Gasteiger partial charge in [-0.3, -0.25) is 0 Å². The second-order valence-electron chi connectivity index (χ2n) is 7.98. The molecule has 34 heavy (non-hydrogen) atoms. The lowest BCUT2D eigenvalue weighted by Crippen LogP contribution is -2.04. The third-order valence-electron chi connectivity index (χ3n) is 5.51. The van der Waals surface area contributed by atoms with E-state index in [4.69, 9.17) is 0 Å². The monoisotopic (exact) mass is 468 g/mol. The summed E-state index contributed by atoms with van der Waals surface area (Å²) >= 11 is 0. The Bertz CT molecular complexity index is 1200. The van der Waals surface area contributed by atoms with Gasteiger partial charge in [0, 0.05) is 22.3 Å². The van der Waals surface area contributed by atoms with Gasteiger partial charge in [0.25, 0.3) is 0 Å². The summed E-state index contributed by atoms with van der Waals surface area (Å²) in [5.41, 5.74) is 2.43. The molecule has 3 rings (SSSR count). The zero-order valence-electron chi connectivity index (χ0n) is 19.1. The zero-order chi connectivity index (χ0) is 24.7. The van der Waals surface area contributed by atoms with Crippen LogP contribution in [0.25, 0.3) is 11.7 Å². The number of hydrogen-bond acceptors (Lipinski definition) is 0. The predicted octanol–water partition coefficient (Wildman–Crippen LogP) is 8.78. The first-order valence-corrected chi connectivity index (χ1v) is 11.2. The number of unbranched alkanes of at least 4 members (excludes halogenated alkanes) is 1. The van der Waals surface area contributed by atoms with Crippen molar-refractivity contribution in [3.8, 4) is 11.8 Å². The first-order chi connectivity index (χ1) is 16.2. The zero-order valence-corrected chi connectivity index (χ0v) is 19.1. The Hall–Kier alpha value is -3.39. The van der Waals surface area contributed by atoms with E-state index in [1.807, 2.05) is 19.1 Å². The van der Waals surface area contributed by atoms with Crippen molar-refractivity contribution >= 4 is 11.7 Å². The van der Waals surface area contributed by atoms with Crippen LogP contribution in [0.4, 0.5) is 22.0 Å². The summed E-state index contributed by atoms with van der Waals surface area (Å²) in [6, 6.07) is 16.0. The Morgan fingerprint density at radius 3 is 1.97 bits per heavy atom. The molecule has 0 nitrogen and oxygen atoms in total. The number of aryl methyl sites for hydroxylation is 2. The second-order valence-corrected chi connectivity index (χ2v) is 7.98. The lowest BCUT2D eigenvalue weighted by Gasteiger charge is -2.08. The Morgan fingerprint density at radius 2 is 1.38 bits per heavy atom. The minimum Gasteiger partial charge on any atom is -0.203 e. The number of benzene rings is 3. The molecule has 0 atom stereocenters. The van der Waals surface area contributed by atoms with Crippen molar-refractivity contribution in [3.63, 3.8) is 0 Å². The lowest BCUT2D eigenvalue weighted by molar-refractivity contribution is -0.137. The molecule has 0 aromatic heterocycles. The highest BCUT2D eigenvalue weighted by atomic mass is 19.4. The van der Waals surface area contributed by atoms with E-state index < -0.39 is 23.4 Å². The number of rotatable bonds is 6. The Balaban J connectivity index is 1.84. The van der Waals surface area contributed by atoms with Gasteiger partial charge in [-0.15, -0.1) is 0 Å². The molecule has 3 aromatic carbocycles. The van der Waals surface area contributed by atoms with Crippen molar-refractivity contribution in [2.24, 2.45) is 0 Å². The topological polar surface area (TPSA) is 0 Å². The fraction of sp³-hybridized carbons (Fsp3) is 0.241. The molecule has 5 heteroatoms. The van der Waals surface area contributed by atoms with Crippen LogP contribution >= 0.6 is 0 Å². The van der Waals surface area contributed by atoms with E-state index in [-0.39, 0.29) is 11.1 Å². The Kier molecular flexibility index (Phi) is 8.28. The van der Waals surface area contributed by atoms with Crippen LogP contribution in [-0.2, 0) is 19.0 Å². The standard InChI is InChI=1S/C29H25F5/c1-3-5-6-20-7-9-21(10-8-20)11-12-23-13-14-25(19-22(23)4-2)28(31)27(30)24-15-17-26(18-16-24)29(32,33)34/h7-10,13-19H,3-6H2,1-2H3/b28-27+. The molecular formula is C29H25F5. The molecule has 0 aliphatic rings. The van der Waals surface area contributed by atoms with Gasteiger partial charge in [-0.1, -0.05) is 62.4 Å². The van der Waals surface area contributed by atoms with E-state index in [0.29, 0.717) is 12.0 Å². The van der Waals surface area contributed by atoms with Gasteiger partial charge in [0.05, 0.1) is 5.56 Å². The van der Waals surface area contributed by atoms with Crippen molar-refractivity contribution < 1.29 is 22.0 Å². The molecule has 0 spiro atoms. The van der Waals surface area contributed by atoms with Gasteiger partial charge in [-0.2, -0.15) is 13.2 Å². The second kappa shape index (κ2) is 11.2. The van der Waals surface area contributed by atoms with Gasteiger partial charge in [-0.25, -0.2) is 8.78 Å². The summed E-state index contributed by atoms with van der Waals surface area (Å²) in [5, 5.41) is 0. The highest BCUT2D eigenvalue weighted by Gasteiger charge is 2.30. The quantitative estimate of drug-likeness (QED) is 0.193. The predicted molar refractivity (Wildman–Crippen MR) is 127 cm³/mol. The van der Waals surface area contributed by atoms with Crippen molar-refractivity contribution in [1.82, 2.24) is 0 Å². The maximum absolute atomic E-state index is 14.8. The Morgan fingerprint density at radius 1 is 0.765 bits per heavy atom. The molecule has 0 saturated carbocycles. The highest BCUT2D eigenvalue weighted by Crippen LogP contribution is 2.33. The van der Waals surface area contributed by atoms with E-state index in [1.165, 1.54) is 17.7 Å². The summed E-state index contributed by atoms with van der Waals surface area (Å²) < 4.78 is 67.6. The maximum Gasteiger partial charge on any atom is 0.416 e. The van der Waals surface area contributed by atoms with Gasteiger partial charge in [0.1, 0.15) is 0 Å². The van der Waals surface area contributed by atoms with E-state index in [2.05, 4.69) is 30.9 Å². The maximum atomic E-state index is 14.8. The summed E-state index contributed by atoms with van der Waals surface area (Å²) in [7, 11) is 0. The fourth-order valence-electron chi connectivity index (χ4n) is 3.48. The summed E-state index contributed by atoms with van der Waals surface area (Å²) in [6.07, 6.45) is -0.666. The third kappa shape index (κ3) is 6.35. The van der Waals surface area contributed by atoms with Crippen molar-refractivity contribution in [1.29, 1.82) is 0 Å². The molecular weight excluding hydrogens is 443 g/mol. The number of halogens is 5. The van der Waals surface area contributed by atoms with Crippen LogP contribution in [0.15, 0.2) is 66.7 Å². The number of alkyl halides is 3. The Labute approximate surface area is 197 Å². The smallest absolute Gasteiger partial charge is 0.203 e. The van der Waals surface area contributed by atoms with E-state index in [1.54, 1.807) is 6.07 Å². The minimum absolute atomic E-state index is 0.0140. The average Bonchev–Trinajstić information content (AvgIpc) is 2.85. The molecule has 0 saturated heterocycles. The van der Waals surface area contributed by atoms with Crippen LogP contribution < -0.4 is 0 Å². The first-order valence-electron chi connectivity index (χ1n) is 11.2. The van der Waals surface area contributed by atoms with Crippen molar-refractivity contribution in [2.75, 3.05) is 0 Å². The highest BCUT2D eigenvalue weighted by molar-refractivity contribution is 5.83. The largest absolute Gasteiger partial charge is 0.416 e. The van der Waals surface area contributed by atoms with E-state index in [0.717, 1.165) is 54.7 Å². The molecule has 0 N–H and O–H groups in total. The molecule has 176 valence electrons. The van der Waals surface area contributed by atoms with Crippen LogP contribution in [0.2, 0.25) is 0 Å².